The summed E-state index contributed by atoms with van der Waals surface area (Å²) in [7, 11) is 0. The molecule has 0 aliphatic heterocycles. The number of nitrogens with one attached hydrogen (secondary N) is 1. The van der Waals surface area contributed by atoms with E-state index >= 15 is 0 Å². The molecule has 0 saturated heterocycles. The van der Waals surface area contributed by atoms with Crippen LogP contribution in [0.15, 0.2) is 24.3 Å². The molecule has 0 aliphatic rings. The number of nitriles is 1. The van der Waals surface area contributed by atoms with E-state index < -0.39 is 6.04 Å². The number of carbonyl (C=O) groups excluding carboxylic acids is 1. The quantitative estimate of drug-likeness (QED) is 0.836. The fraction of sp³-hybridized carbons (Fsp3) is 0.429. The fourth-order valence-corrected chi connectivity index (χ4v) is 1.46. The number of aryl methyl sites for hydroxylation is 1. The average Bonchev–Trinajstić information content (AvgIpc) is 2.36. The Labute approximate surface area is 108 Å². The highest BCUT2D eigenvalue weighted by Gasteiger charge is 2.08. The van der Waals surface area contributed by atoms with Crippen molar-refractivity contribution in [2.45, 2.75) is 32.7 Å². The van der Waals surface area contributed by atoms with Gasteiger partial charge in [-0.1, -0.05) is 19.1 Å². The zero-order valence-electron chi connectivity index (χ0n) is 10.8. The lowest BCUT2D eigenvalue weighted by Gasteiger charge is -2.10. The van der Waals surface area contributed by atoms with Gasteiger partial charge in [-0.3, -0.25) is 4.79 Å². The molecule has 0 aliphatic carbocycles. The molecule has 0 radical (unpaired) electrons. The lowest BCUT2D eigenvalue weighted by atomic mass is 10.2. The maximum Gasteiger partial charge on any atom is 0.224 e. The van der Waals surface area contributed by atoms with Crippen LogP contribution in [-0.2, 0) is 4.79 Å². The molecule has 0 saturated carbocycles. The molecule has 1 N–H and O–H groups in total. The van der Waals surface area contributed by atoms with Gasteiger partial charge in [0.1, 0.15) is 11.8 Å². The fourth-order valence-electron chi connectivity index (χ4n) is 1.46. The number of ether oxygens (including phenoxy) is 1. The maximum absolute atomic E-state index is 11.5. The molecule has 1 unspecified atom stereocenters. The second-order valence-electron chi connectivity index (χ2n) is 4.07. The summed E-state index contributed by atoms with van der Waals surface area (Å²) >= 11 is 0. The first-order valence-electron chi connectivity index (χ1n) is 6.04. The number of carbonyl (C=O) groups is 1. The summed E-state index contributed by atoms with van der Waals surface area (Å²) in [6.07, 6.45) is 0.868. The third-order valence-electron chi connectivity index (χ3n) is 2.49. The predicted octanol–water partition coefficient (Wildman–Crippen LogP) is 2.18. The van der Waals surface area contributed by atoms with Gasteiger partial charge < -0.3 is 10.1 Å². The predicted molar refractivity (Wildman–Crippen MR) is 69.1 cm³/mol. The highest BCUT2D eigenvalue weighted by Crippen LogP contribution is 2.12. The van der Waals surface area contributed by atoms with Crippen LogP contribution in [0.4, 0.5) is 0 Å². The summed E-state index contributed by atoms with van der Waals surface area (Å²) in [6.45, 7) is 4.16. The Morgan fingerprint density at radius 2 is 2.33 bits per heavy atom. The molecule has 1 aromatic carbocycles. The molecule has 1 amide bonds. The number of amides is 1. The van der Waals surface area contributed by atoms with Crippen LogP contribution in [0.1, 0.15) is 25.3 Å². The monoisotopic (exact) mass is 246 g/mol. The summed E-state index contributed by atoms with van der Waals surface area (Å²) in [5.74, 6) is 0.603. The SMILES string of the molecule is CCC(C#N)NC(=O)CCOc1cccc(C)c1. The first-order chi connectivity index (χ1) is 8.65. The van der Waals surface area contributed by atoms with Crippen molar-refractivity contribution in [1.82, 2.24) is 5.32 Å². The van der Waals surface area contributed by atoms with E-state index in [9.17, 15) is 4.79 Å². The van der Waals surface area contributed by atoms with E-state index in [0.29, 0.717) is 13.0 Å². The largest absolute Gasteiger partial charge is 0.493 e. The van der Waals surface area contributed by atoms with Gasteiger partial charge in [-0.25, -0.2) is 0 Å². The Bertz CT molecular complexity index is 438. The second kappa shape index (κ2) is 7.33. The van der Waals surface area contributed by atoms with Crippen LogP contribution in [0.25, 0.3) is 0 Å². The van der Waals surface area contributed by atoms with E-state index in [1.807, 2.05) is 44.2 Å². The summed E-state index contributed by atoms with van der Waals surface area (Å²) in [4.78, 5) is 11.5. The molecule has 4 nitrogen and oxygen atoms in total. The normalized spacial score (nSPS) is 11.4. The second-order valence-corrected chi connectivity index (χ2v) is 4.07. The molecule has 96 valence electrons. The van der Waals surface area contributed by atoms with Gasteiger partial charge in [-0.15, -0.1) is 0 Å². The lowest BCUT2D eigenvalue weighted by Crippen LogP contribution is -2.33. The maximum atomic E-state index is 11.5. The number of rotatable bonds is 6. The third kappa shape index (κ3) is 4.88. The Morgan fingerprint density at radius 3 is 2.94 bits per heavy atom. The molecule has 4 heteroatoms. The molecule has 1 aromatic rings. The Morgan fingerprint density at radius 1 is 1.56 bits per heavy atom. The van der Waals surface area contributed by atoms with Gasteiger partial charge in [0.2, 0.25) is 5.91 Å². The van der Waals surface area contributed by atoms with Crippen LogP contribution in [-0.4, -0.2) is 18.6 Å². The van der Waals surface area contributed by atoms with Crippen LogP contribution >= 0.6 is 0 Å². The standard InChI is InChI=1S/C14H18N2O2/c1-3-12(10-15)16-14(17)7-8-18-13-6-4-5-11(2)9-13/h4-6,9,12H,3,7-8H2,1-2H3,(H,16,17). The molecule has 0 fully saturated rings. The molecular formula is C14H18N2O2. The van der Waals surface area contributed by atoms with E-state index in [2.05, 4.69) is 5.32 Å². The van der Waals surface area contributed by atoms with Crippen molar-refractivity contribution in [2.75, 3.05) is 6.61 Å². The highest BCUT2D eigenvalue weighted by atomic mass is 16.5. The molecule has 0 bridgehead atoms. The summed E-state index contributed by atoms with van der Waals surface area (Å²) in [5.41, 5.74) is 1.12. The van der Waals surface area contributed by atoms with Crippen molar-refractivity contribution in [1.29, 1.82) is 5.26 Å². The molecule has 0 spiro atoms. The van der Waals surface area contributed by atoms with Crippen LogP contribution in [0.3, 0.4) is 0 Å². The Kier molecular flexibility index (Phi) is 5.72. The van der Waals surface area contributed by atoms with Crippen LogP contribution in [0.2, 0.25) is 0 Å². The number of hydrogen-bond acceptors (Lipinski definition) is 3. The van der Waals surface area contributed by atoms with Crippen molar-refractivity contribution in [3.8, 4) is 11.8 Å². The minimum Gasteiger partial charge on any atom is -0.493 e. The molecular weight excluding hydrogens is 228 g/mol. The van der Waals surface area contributed by atoms with Crippen molar-refractivity contribution in [3.05, 3.63) is 29.8 Å². The molecule has 18 heavy (non-hydrogen) atoms. The molecule has 0 aromatic heterocycles. The van der Waals surface area contributed by atoms with E-state index in [-0.39, 0.29) is 12.3 Å². The smallest absolute Gasteiger partial charge is 0.224 e. The number of benzene rings is 1. The lowest BCUT2D eigenvalue weighted by molar-refractivity contribution is -0.121. The van der Waals surface area contributed by atoms with E-state index in [4.69, 9.17) is 10.00 Å². The van der Waals surface area contributed by atoms with Crippen LogP contribution < -0.4 is 10.1 Å². The summed E-state index contributed by atoms with van der Waals surface area (Å²) in [6, 6.07) is 9.29. The van der Waals surface area contributed by atoms with Gasteiger partial charge in [0.15, 0.2) is 0 Å². The van der Waals surface area contributed by atoms with E-state index in [0.717, 1.165) is 11.3 Å². The Balaban J connectivity index is 2.30. The van der Waals surface area contributed by atoms with Crippen molar-refractivity contribution >= 4 is 5.91 Å². The zero-order valence-corrected chi connectivity index (χ0v) is 10.8. The van der Waals surface area contributed by atoms with Gasteiger partial charge in [0.05, 0.1) is 19.1 Å². The summed E-state index contributed by atoms with van der Waals surface area (Å²) in [5, 5.41) is 11.3. The van der Waals surface area contributed by atoms with Gasteiger partial charge in [-0.05, 0) is 31.0 Å². The number of nitrogens with zero attached hydrogens (tertiary/aromatic N) is 1. The van der Waals surface area contributed by atoms with Gasteiger partial charge in [0.25, 0.3) is 0 Å². The van der Waals surface area contributed by atoms with Crippen LogP contribution in [0.5, 0.6) is 5.75 Å². The molecule has 1 rings (SSSR count). The van der Waals surface area contributed by atoms with Crippen molar-refractivity contribution in [3.63, 3.8) is 0 Å². The first kappa shape index (κ1) is 14.0. The zero-order chi connectivity index (χ0) is 13.4. The molecule has 1 atom stereocenters. The van der Waals surface area contributed by atoms with Crippen molar-refractivity contribution < 1.29 is 9.53 Å². The van der Waals surface area contributed by atoms with Crippen molar-refractivity contribution in [2.24, 2.45) is 0 Å². The minimum absolute atomic E-state index is 0.156. The van der Waals surface area contributed by atoms with Gasteiger partial charge in [-0.2, -0.15) is 5.26 Å². The first-order valence-corrected chi connectivity index (χ1v) is 6.04. The number of hydrogen-bond donors (Lipinski definition) is 1. The average molecular weight is 246 g/mol. The minimum atomic E-state index is -0.406. The highest BCUT2D eigenvalue weighted by molar-refractivity contribution is 5.76. The topological polar surface area (TPSA) is 62.1 Å². The van der Waals surface area contributed by atoms with Crippen LogP contribution in [0, 0.1) is 18.3 Å². The van der Waals surface area contributed by atoms with E-state index in [1.165, 1.54) is 0 Å². The van der Waals surface area contributed by atoms with Gasteiger partial charge >= 0.3 is 0 Å². The Hall–Kier alpha value is -2.02. The molecule has 0 heterocycles. The van der Waals surface area contributed by atoms with Gasteiger partial charge in [0, 0.05) is 0 Å². The third-order valence-corrected chi connectivity index (χ3v) is 2.49. The summed E-state index contributed by atoms with van der Waals surface area (Å²) < 4.78 is 5.46. The van der Waals surface area contributed by atoms with E-state index in [1.54, 1.807) is 0 Å².